The van der Waals surface area contributed by atoms with E-state index >= 15 is 0 Å². The number of phenols is 2. The van der Waals surface area contributed by atoms with Gasteiger partial charge in [0.2, 0.25) is 11.7 Å². The molecule has 0 aromatic heterocycles. The average molecular weight is 598 g/mol. The van der Waals surface area contributed by atoms with E-state index < -0.39 is 82.6 Å². The van der Waals surface area contributed by atoms with Crippen LogP contribution in [0.4, 0.5) is 0 Å². The van der Waals surface area contributed by atoms with Crippen LogP contribution in [0.2, 0.25) is 0 Å². The predicted molar refractivity (Wildman–Crippen MR) is 149 cm³/mol. The summed E-state index contributed by atoms with van der Waals surface area (Å²) in [6.07, 6.45) is -4.18. The van der Waals surface area contributed by atoms with Crippen molar-refractivity contribution in [3.8, 4) is 17.2 Å². The third-order valence-electron chi connectivity index (χ3n) is 8.58. The second-order valence-electron chi connectivity index (χ2n) is 11.4. The first-order valence-electron chi connectivity index (χ1n) is 14.2. The Morgan fingerprint density at radius 2 is 1.81 bits per heavy atom. The van der Waals surface area contributed by atoms with Gasteiger partial charge in [-0.2, -0.15) is 0 Å². The van der Waals surface area contributed by atoms with Crippen molar-refractivity contribution in [2.45, 2.75) is 89.1 Å². The topological polar surface area (TPSA) is 189 Å². The number of aliphatic hydroxyl groups excluding tert-OH is 1. The van der Waals surface area contributed by atoms with E-state index in [2.05, 4.69) is 5.32 Å². The summed E-state index contributed by atoms with van der Waals surface area (Å²) in [5.41, 5.74) is -3.24. The molecular formula is C31H35NO11. The Morgan fingerprint density at radius 1 is 1.12 bits per heavy atom. The number of benzene rings is 2. The fraction of sp³-hybridized carbons (Fsp3) is 0.484. The summed E-state index contributed by atoms with van der Waals surface area (Å²) in [6.45, 7) is 4.61. The summed E-state index contributed by atoms with van der Waals surface area (Å²) >= 11 is 0. The molecule has 230 valence electrons. The van der Waals surface area contributed by atoms with E-state index in [1.54, 1.807) is 6.92 Å². The standard InChI is InChI=1S/C31H35NO11/c1-5-7-20(34)32-17-10-21(42-13(2)26(17)35)43-19-12-31(40,14(3)33)11-16-23(19)30(39)25-24(28(16)37)27(36)15-8-6-9-18(41-4)22(15)29(25)38/h6,8-9,13,17,19,21,26,35,37,39-40H,5,7,10-12H2,1-4H3,(H,32,34)/t13-,17-,19-,21+,26+,31+/m1/s1. The minimum atomic E-state index is -2.05. The highest BCUT2D eigenvalue weighted by Crippen LogP contribution is 2.52. The number of amides is 1. The fourth-order valence-corrected chi connectivity index (χ4v) is 6.27. The first-order valence-corrected chi connectivity index (χ1v) is 14.2. The number of nitrogens with one attached hydrogen (secondary N) is 1. The largest absolute Gasteiger partial charge is 0.507 e. The van der Waals surface area contributed by atoms with Gasteiger partial charge in [-0.3, -0.25) is 19.2 Å². The molecule has 43 heavy (non-hydrogen) atoms. The summed E-state index contributed by atoms with van der Waals surface area (Å²) in [4.78, 5) is 52.3. The zero-order chi connectivity index (χ0) is 31.4. The highest BCUT2D eigenvalue weighted by atomic mass is 16.7. The number of ether oxygens (including phenoxy) is 3. The summed E-state index contributed by atoms with van der Waals surface area (Å²) in [5, 5.41) is 47.8. The van der Waals surface area contributed by atoms with Gasteiger partial charge in [0.15, 0.2) is 17.9 Å². The van der Waals surface area contributed by atoms with Gasteiger partial charge in [0.1, 0.15) is 29.0 Å². The van der Waals surface area contributed by atoms with Crippen molar-refractivity contribution in [1.29, 1.82) is 0 Å². The number of fused-ring (bicyclic) bond motifs is 3. The Balaban J connectivity index is 1.60. The Hall–Kier alpha value is -3.84. The highest BCUT2D eigenvalue weighted by Gasteiger charge is 2.49. The zero-order valence-corrected chi connectivity index (χ0v) is 24.3. The van der Waals surface area contributed by atoms with Crippen molar-refractivity contribution in [2.24, 2.45) is 0 Å². The molecule has 0 unspecified atom stereocenters. The number of aliphatic hydroxyl groups is 2. The molecule has 1 amide bonds. The fourth-order valence-electron chi connectivity index (χ4n) is 6.27. The number of phenolic OH excluding ortho intramolecular Hbond substituents is 2. The molecule has 0 bridgehead atoms. The maximum atomic E-state index is 13.8. The van der Waals surface area contributed by atoms with Crippen LogP contribution in [0.1, 0.15) is 95.5 Å². The maximum Gasteiger partial charge on any atom is 0.220 e. The molecule has 0 saturated carbocycles. The van der Waals surface area contributed by atoms with Crippen LogP contribution in [0.5, 0.6) is 17.2 Å². The lowest BCUT2D eigenvalue weighted by atomic mass is 9.72. The number of Topliss-reactive ketones (excluding diaryl/α,β-unsaturated/α-hetero) is 1. The van der Waals surface area contributed by atoms with E-state index in [9.17, 15) is 39.6 Å². The number of rotatable bonds is 7. The van der Waals surface area contributed by atoms with Gasteiger partial charge >= 0.3 is 0 Å². The van der Waals surface area contributed by atoms with Gasteiger partial charge in [0, 0.05) is 42.4 Å². The molecule has 5 N–H and O–H groups in total. The van der Waals surface area contributed by atoms with Crippen molar-refractivity contribution in [1.82, 2.24) is 5.32 Å². The Kier molecular flexibility index (Phi) is 8.07. The van der Waals surface area contributed by atoms with Crippen LogP contribution in [-0.2, 0) is 25.5 Å². The van der Waals surface area contributed by atoms with Gasteiger partial charge < -0.3 is 40.0 Å². The number of hydrogen-bond acceptors (Lipinski definition) is 11. The lowest BCUT2D eigenvalue weighted by molar-refractivity contribution is -0.249. The number of carbonyl (C=O) groups excluding carboxylic acids is 4. The van der Waals surface area contributed by atoms with Gasteiger partial charge in [0.25, 0.3) is 0 Å². The maximum absolute atomic E-state index is 13.8. The molecule has 1 aliphatic heterocycles. The normalized spacial score (nSPS) is 28.0. The van der Waals surface area contributed by atoms with Gasteiger partial charge in [-0.15, -0.1) is 0 Å². The molecule has 6 atom stereocenters. The summed E-state index contributed by atoms with van der Waals surface area (Å²) in [5.74, 6) is -3.58. The molecule has 1 fully saturated rings. The number of hydrogen-bond donors (Lipinski definition) is 5. The molecule has 0 spiro atoms. The van der Waals surface area contributed by atoms with Crippen LogP contribution >= 0.6 is 0 Å². The number of aromatic hydroxyl groups is 2. The van der Waals surface area contributed by atoms with Crippen molar-refractivity contribution >= 4 is 23.3 Å². The smallest absolute Gasteiger partial charge is 0.220 e. The molecule has 12 nitrogen and oxygen atoms in total. The molecule has 3 aliphatic rings. The zero-order valence-electron chi connectivity index (χ0n) is 24.3. The predicted octanol–water partition coefficient (Wildman–Crippen LogP) is 1.99. The van der Waals surface area contributed by atoms with Gasteiger partial charge in [-0.1, -0.05) is 19.1 Å². The van der Waals surface area contributed by atoms with E-state index in [0.717, 1.165) is 0 Å². The van der Waals surface area contributed by atoms with Crippen molar-refractivity contribution in [2.75, 3.05) is 7.11 Å². The molecular weight excluding hydrogens is 562 g/mol. The molecule has 1 saturated heterocycles. The quantitative estimate of drug-likeness (QED) is 0.251. The monoisotopic (exact) mass is 597 g/mol. The minimum absolute atomic E-state index is 0.00896. The number of methoxy groups -OCH3 is 1. The summed E-state index contributed by atoms with van der Waals surface area (Å²) < 4.78 is 17.3. The second-order valence-corrected chi connectivity index (χ2v) is 11.4. The lowest BCUT2D eigenvalue weighted by Crippen LogP contribution is -2.55. The van der Waals surface area contributed by atoms with Crippen LogP contribution < -0.4 is 10.1 Å². The Morgan fingerprint density at radius 3 is 2.47 bits per heavy atom. The Bertz CT molecular complexity index is 1520. The Labute approximate surface area is 247 Å². The molecule has 1 heterocycles. The molecule has 2 aromatic rings. The third-order valence-corrected chi connectivity index (χ3v) is 8.58. The van der Waals surface area contributed by atoms with Crippen molar-refractivity contribution < 1.29 is 53.8 Å². The second kappa shape index (κ2) is 11.3. The van der Waals surface area contributed by atoms with Crippen molar-refractivity contribution in [3.05, 3.63) is 51.6 Å². The highest BCUT2D eigenvalue weighted by molar-refractivity contribution is 6.31. The first-order chi connectivity index (χ1) is 20.3. The van der Waals surface area contributed by atoms with Crippen LogP contribution in [0.25, 0.3) is 0 Å². The first kappa shape index (κ1) is 30.6. The van der Waals surface area contributed by atoms with Crippen LogP contribution in [0, 0.1) is 0 Å². The molecule has 12 heteroatoms. The third kappa shape index (κ3) is 5.07. The van der Waals surface area contributed by atoms with Crippen molar-refractivity contribution in [3.63, 3.8) is 0 Å². The van der Waals surface area contributed by atoms with Gasteiger partial charge in [-0.05, 0) is 26.3 Å². The molecule has 2 aromatic carbocycles. The SMILES string of the molecule is CCCC(=O)N[C@@H]1C[C@H](O[C@@H]2C[C@](O)(C(C)=O)Cc3c(O)c4c(c(O)c32)C(=O)c2c(OC)cccc2C4=O)O[C@H](C)[C@@H]1O. The lowest BCUT2D eigenvalue weighted by Gasteiger charge is -2.42. The van der Waals surface area contributed by atoms with E-state index in [1.807, 2.05) is 6.92 Å². The summed E-state index contributed by atoms with van der Waals surface area (Å²) in [6, 6.07) is 3.67. The van der Waals surface area contributed by atoms with E-state index in [0.29, 0.717) is 6.42 Å². The van der Waals surface area contributed by atoms with E-state index in [4.69, 9.17) is 14.2 Å². The van der Waals surface area contributed by atoms with E-state index in [1.165, 1.54) is 32.2 Å². The number of ketones is 3. The average Bonchev–Trinajstić information content (AvgIpc) is 2.95. The van der Waals surface area contributed by atoms with Gasteiger partial charge in [0.05, 0.1) is 42.0 Å². The van der Waals surface area contributed by atoms with Crippen LogP contribution in [-0.4, -0.2) is 80.9 Å². The van der Waals surface area contributed by atoms with Crippen LogP contribution in [0.3, 0.4) is 0 Å². The molecule has 2 aliphatic carbocycles. The summed E-state index contributed by atoms with van der Waals surface area (Å²) in [7, 11) is 1.33. The number of carbonyl (C=O) groups is 4. The van der Waals surface area contributed by atoms with Crippen LogP contribution in [0.15, 0.2) is 18.2 Å². The molecule has 0 radical (unpaired) electrons. The minimum Gasteiger partial charge on any atom is -0.507 e. The van der Waals surface area contributed by atoms with Gasteiger partial charge in [-0.25, -0.2) is 0 Å². The van der Waals surface area contributed by atoms with E-state index in [-0.39, 0.29) is 53.2 Å². The molecule has 5 rings (SSSR count).